The number of aromatic nitrogens is 3. The summed E-state index contributed by atoms with van der Waals surface area (Å²) in [5.41, 5.74) is 6.50. The molecule has 0 radical (unpaired) electrons. The third kappa shape index (κ3) is 4.53. The average Bonchev–Trinajstić information content (AvgIpc) is 2.63. The summed E-state index contributed by atoms with van der Waals surface area (Å²) >= 11 is 7.21. The Labute approximate surface area is 159 Å². The van der Waals surface area contributed by atoms with E-state index in [0.717, 1.165) is 4.90 Å². The molecule has 0 saturated carbocycles. The first-order chi connectivity index (χ1) is 12.5. The highest BCUT2D eigenvalue weighted by molar-refractivity contribution is 7.98. The van der Waals surface area contributed by atoms with Crippen LogP contribution in [0.2, 0.25) is 5.02 Å². The van der Waals surface area contributed by atoms with Crippen LogP contribution in [0.1, 0.15) is 5.82 Å². The van der Waals surface area contributed by atoms with Crippen molar-refractivity contribution in [3.63, 3.8) is 0 Å². The monoisotopic (exact) mass is 391 g/mol. The van der Waals surface area contributed by atoms with Crippen molar-refractivity contribution < 1.29 is 9.13 Å². The number of nitrogens with zero attached hydrogens (tertiary/aromatic N) is 3. The molecule has 0 aliphatic rings. The summed E-state index contributed by atoms with van der Waals surface area (Å²) in [6.45, 7) is 0. The molecule has 0 bridgehead atoms. The Morgan fingerprint density at radius 2 is 2.00 bits per heavy atom. The zero-order valence-corrected chi connectivity index (χ0v) is 15.3. The predicted octanol–water partition coefficient (Wildman–Crippen LogP) is 4.29. The molecule has 0 unspecified atom stereocenters. The molecule has 2 aromatic carbocycles. The fourth-order valence-electron chi connectivity index (χ4n) is 2.14. The Morgan fingerprint density at radius 1 is 1.19 bits per heavy atom. The number of methoxy groups -OCH3 is 1. The van der Waals surface area contributed by atoms with Gasteiger partial charge < -0.3 is 15.8 Å². The molecule has 0 spiro atoms. The highest BCUT2D eigenvalue weighted by atomic mass is 35.5. The normalized spacial score (nSPS) is 10.6. The van der Waals surface area contributed by atoms with E-state index in [0.29, 0.717) is 29.0 Å². The average molecular weight is 392 g/mol. The van der Waals surface area contributed by atoms with E-state index in [-0.39, 0.29) is 11.0 Å². The van der Waals surface area contributed by atoms with Gasteiger partial charge in [-0.25, -0.2) is 4.39 Å². The predicted molar refractivity (Wildman–Crippen MR) is 101 cm³/mol. The van der Waals surface area contributed by atoms with Gasteiger partial charge in [-0.05, 0) is 30.3 Å². The molecule has 0 saturated heterocycles. The molecule has 3 rings (SSSR count). The van der Waals surface area contributed by atoms with Gasteiger partial charge in [0.25, 0.3) is 0 Å². The lowest BCUT2D eigenvalue weighted by Gasteiger charge is -2.10. The van der Waals surface area contributed by atoms with Gasteiger partial charge in [0.1, 0.15) is 17.4 Å². The van der Waals surface area contributed by atoms with Crippen LogP contribution in [0.25, 0.3) is 0 Å². The number of nitrogens with two attached hydrogens (primary N) is 1. The Balaban J connectivity index is 1.76. The highest BCUT2D eigenvalue weighted by Crippen LogP contribution is 2.28. The van der Waals surface area contributed by atoms with E-state index in [1.807, 2.05) is 24.3 Å². The summed E-state index contributed by atoms with van der Waals surface area (Å²) in [4.78, 5) is 13.4. The van der Waals surface area contributed by atoms with Gasteiger partial charge in [-0.1, -0.05) is 23.7 Å². The number of ether oxygens (including phenoxy) is 1. The first-order valence-electron chi connectivity index (χ1n) is 7.53. The van der Waals surface area contributed by atoms with Crippen LogP contribution in [0.3, 0.4) is 0 Å². The molecule has 134 valence electrons. The van der Waals surface area contributed by atoms with Crippen LogP contribution in [0.4, 0.5) is 22.0 Å². The third-order valence-corrected chi connectivity index (χ3v) is 4.59. The topological polar surface area (TPSA) is 86.0 Å². The van der Waals surface area contributed by atoms with Gasteiger partial charge in [0, 0.05) is 4.90 Å². The molecule has 1 heterocycles. The molecule has 26 heavy (non-hydrogen) atoms. The van der Waals surface area contributed by atoms with Crippen LogP contribution < -0.4 is 15.8 Å². The van der Waals surface area contributed by atoms with E-state index >= 15 is 0 Å². The molecule has 3 aromatic rings. The zero-order valence-electron chi connectivity index (χ0n) is 13.7. The second-order valence-electron chi connectivity index (χ2n) is 5.12. The van der Waals surface area contributed by atoms with Crippen LogP contribution in [0.5, 0.6) is 5.75 Å². The van der Waals surface area contributed by atoms with Crippen molar-refractivity contribution in [3.8, 4) is 5.75 Å². The summed E-state index contributed by atoms with van der Waals surface area (Å²) in [5, 5.41) is 3.15. The molecule has 6 nitrogen and oxygen atoms in total. The minimum Gasteiger partial charge on any atom is -0.495 e. The number of rotatable bonds is 6. The van der Waals surface area contributed by atoms with E-state index in [1.165, 1.54) is 17.8 Å². The van der Waals surface area contributed by atoms with Gasteiger partial charge in [0.15, 0.2) is 0 Å². The number of benzene rings is 2. The maximum absolute atomic E-state index is 13.2. The Hall–Kier alpha value is -2.58. The summed E-state index contributed by atoms with van der Waals surface area (Å²) in [6.07, 6.45) is 0. The molecule has 0 atom stereocenters. The molecule has 9 heteroatoms. The van der Waals surface area contributed by atoms with Crippen molar-refractivity contribution in [1.82, 2.24) is 15.0 Å². The van der Waals surface area contributed by atoms with Gasteiger partial charge in [0.05, 0.1) is 23.6 Å². The van der Waals surface area contributed by atoms with Crippen LogP contribution in [0.15, 0.2) is 47.4 Å². The molecule has 0 aliphatic heterocycles. The number of hydrogen-bond acceptors (Lipinski definition) is 7. The maximum atomic E-state index is 13.2. The van der Waals surface area contributed by atoms with Gasteiger partial charge in [-0.15, -0.1) is 11.8 Å². The molecule has 0 aliphatic carbocycles. The lowest BCUT2D eigenvalue weighted by Crippen LogP contribution is -2.07. The number of nitrogen functional groups attached to an aromatic ring is 1. The van der Waals surface area contributed by atoms with Crippen molar-refractivity contribution >= 4 is 40.9 Å². The quantitative estimate of drug-likeness (QED) is 0.606. The SMILES string of the molecule is COc1ccccc1Nc1nc(N)nc(CSc2ccc(F)c(Cl)c2)n1. The summed E-state index contributed by atoms with van der Waals surface area (Å²) in [5.74, 6) is 1.53. The van der Waals surface area contributed by atoms with Gasteiger partial charge in [-0.3, -0.25) is 0 Å². The van der Waals surface area contributed by atoms with Crippen molar-refractivity contribution in [2.45, 2.75) is 10.6 Å². The second-order valence-corrected chi connectivity index (χ2v) is 6.58. The highest BCUT2D eigenvalue weighted by Gasteiger charge is 2.09. The van der Waals surface area contributed by atoms with Crippen LogP contribution in [0, 0.1) is 5.82 Å². The van der Waals surface area contributed by atoms with Crippen LogP contribution >= 0.6 is 23.4 Å². The lowest BCUT2D eigenvalue weighted by molar-refractivity contribution is 0.417. The summed E-state index contributed by atoms with van der Waals surface area (Å²) < 4.78 is 18.5. The fraction of sp³-hybridized carbons (Fsp3) is 0.118. The zero-order chi connectivity index (χ0) is 18.5. The van der Waals surface area contributed by atoms with E-state index in [4.69, 9.17) is 22.1 Å². The van der Waals surface area contributed by atoms with Crippen molar-refractivity contribution in [1.29, 1.82) is 0 Å². The number of thioether (sulfide) groups is 1. The fourth-order valence-corrected chi connectivity index (χ4v) is 3.18. The number of nitrogens with one attached hydrogen (secondary N) is 1. The lowest BCUT2D eigenvalue weighted by atomic mass is 10.3. The number of anilines is 3. The minimum absolute atomic E-state index is 0.0729. The smallest absolute Gasteiger partial charge is 0.232 e. The Kier molecular flexibility index (Phi) is 5.75. The minimum atomic E-state index is -0.455. The molecule has 1 aromatic heterocycles. The molecule has 0 amide bonds. The van der Waals surface area contributed by atoms with Crippen LogP contribution in [-0.4, -0.2) is 22.1 Å². The van der Waals surface area contributed by atoms with Gasteiger partial charge in [-0.2, -0.15) is 15.0 Å². The van der Waals surface area contributed by atoms with Crippen LogP contribution in [-0.2, 0) is 5.75 Å². The van der Waals surface area contributed by atoms with E-state index in [1.54, 1.807) is 19.2 Å². The maximum Gasteiger partial charge on any atom is 0.232 e. The Morgan fingerprint density at radius 3 is 2.77 bits per heavy atom. The third-order valence-electron chi connectivity index (χ3n) is 3.31. The van der Waals surface area contributed by atoms with E-state index in [2.05, 4.69) is 20.3 Å². The largest absolute Gasteiger partial charge is 0.495 e. The standard InChI is InChI=1S/C17H15ClFN5OS/c1-25-14-5-3-2-4-13(14)21-17-23-15(22-16(20)24-17)9-26-10-6-7-12(19)11(18)8-10/h2-8H,9H2,1H3,(H3,20,21,22,23,24). The first-order valence-corrected chi connectivity index (χ1v) is 8.90. The molecule has 3 N–H and O–H groups in total. The molecule has 0 fully saturated rings. The van der Waals surface area contributed by atoms with Crippen molar-refractivity contribution in [2.24, 2.45) is 0 Å². The Bertz CT molecular complexity index is 927. The van der Waals surface area contributed by atoms with Gasteiger partial charge >= 0.3 is 0 Å². The summed E-state index contributed by atoms with van der Waals surface area (Å²) in [7, 11) is 1.58. The molecular weight excluding hydrogens is 377 g/mol. The number of hydrogen-bond donors (Lipinski definition) is 2. The van der Waals surface area contributed by atoms with E-state index in [9.17, 15) is 4.39 Å². The van der Waals surface area contributed by atoms with Gasteiger partial charge in [0.2, 0.25) is 11.9 Å². The summed E-state index contributed by atoms with van der Waals surface area (Å²) in [6, 6.07) is 11.9. The van der Waals surface area contributed by atoms with E-state index < -0.39 is 5.82 Å². The first kappa shape index (κ1) is 18.2. The number of para-hydroxylation sites is 2. The number of halogens is 2. The van der Waals surface area contributed by atoms with Crippen molar-refractivity contribution in [2.75, 3.05) is 18.2 Å². The molecular formula is C17H15ClFN5OS. The second kappa shape index (κ2) is 8.20. The van der Waals surface area contributed by atoms with Crippen molar-refractivity contribution in [3.05, 3.63) is 59.1 Å².